The summed E-state index contributed by atoms with van der Waals surface area (Å²) in [6.07, 6.45) is 16.4. The number of aryl methyl sites for hydroxylation is 1. The number of nitrogens with one attached hydrogen (secondary N) is 3. The molecule has 0 unspecified atom stereocenters. The third kappa shape index (κ3) is 21.0. The summed E-state index contributed by atoms with van der Waals surface area (Å²) in [5, 5.41) is 20.7. The number of nitrogens with zero attached hydrogens (tertiary/aromatic N) is 19. The smallest absolute Gasteiger partial charge is 0.331 e. The van der Waals surface area contributed by atoms with Crippen LogP contribution in [0.3, 0.4) is 0 Å². The average molecular weight is 1900 g/mol. The third-order valence-corrected chi connectivity index (χ3v) is 24.7. The van der Waals surface area contributed by atoms with E-state index in [0.717, 1.165) is 85.1 Å². The van der Waals surface area contributed by atoms with E-state index in [1.54, 1.807) is 74.9 Å². The van der Waals surface area contributed by atoms with Gasteiger partial charge in [0.25, 0.3) is 28.2 Å². The molecule has 141 heavy (non-hydrogen) atoms. The fraction of sp³-hybridized carbons (Fsp3) is 0.257. The van der Waals surface area contributed by atoms with Crippen molar-refractivity contribution in [1.29, 1.82) is 0 Å². The van der Waals surface area contributed by atoms with Crippen LogP contribution in [-0.2, 0) is 86.5 Å². The lowest BCUT2D eigenvalue weighted by Gasteiger charge is -2.22. The lowest BCUT2D eigenvalue weighted by atomic mass is 10.1. The first-order valence-electron chi connectivity index (χ1n) is 47.0. The Balaban J connectivity index is 0.000000135. The van der Waals surface area contributed by atoms with Gasteiger partial charge < -0.3 is 43.7 Å². The molecule has 3 N–H and O–H groups in total. The number of rotatable bonds is 28. The Hall–Kier alpha value is -16.7. The standard InChI is InChI=1S/C29H31N5O2.C27H29N7O2.C27H28N6O2.C26H28F2N4O2/c1-21(2)18-34-25-20-33(19-22-12-14-24(15-13-22)32-16-8-9-17-32)27(26(25)28(35)31(4)29(34)36)30(3)23-10-6-5-7-11-23;1-18(2)14-33-24-19(3)32(15-20-10-12-22(13-11-20)34-17-28-16-29-34)25(30-21-8-6-5-7-9-21)23(24)26(35)31(4)27(33)36;1-19(2)16-32-23-18-31(17-20-10-12-22(13-11-20)33-15-7-14-28-33)25(29-21-8-5-4-6-9-21)24(23)26(34)30(3)27(32)35;1-17(2)14-32-22-21(24(33)30(4)25(32)34)16-31(23(22)29-20-8-6-5-7-9-20)15-18-10-12-19(13-11-18)26(3,27)28/h5-17,20-21H,18-19H2,1-4H3;5-13,16-18,30H,14-15H2,1-4H3;4-15,18-19,29H,16-17H2,1-3H3;5-13,16-17,29H,14-15H2,1-4H3. The zero-order valence-electron chi connectivity index (χ0n) is 81.7. The van der Waals surface area contributed by atoms with E-state index in [4.69, 9.17) is 0 Å². The summed E-state index contributed by atoms with van der Waals surface area (Å²) in [5.74, 6) is 0.703. The molecular weight excluding hydrogens is 1780 g/mol. The van der Waals surface area contributed by atoms with Crippen LogP contribution in [0.25, 0.3) is 60.7 Å². The highest BCUT2D eigenvalue weighted by Gasteiger charge is 2.30. The molecule has 30 nitrogen and oxygen atoms in total. The van der Waals surface area contributed by atoms with E-state index in [1.807, 2.05) is 266 Å². The normalized spacial score (nSPS) is 11.6. The van der Waals surface area contributed by atoms with Crippen LogP contribution in [-0.4, -0.2) is 91.0 Å². The molecule has 8 aromatic carbocycles. The molecule has 32 heteroatoms. The SMILES string of the molecule is CC(C)Cn1c(=O)n(C)c(=O)c2c(N(C)c3ccccc3)n(Cc3ccc(-n4cccc4)cc3)cc21.CC(C)Cn1c(=O)n(C)c(=O)c2c(Nc3ccccc3)n(Cc3ccc(-n4cccn4)cc3)cc21.CC(C)Cn1c(=O)n(C)c(=O)c2cn(Cc3ccc(C(C)(F)F)cc3)c(Nc3ccccc3)c21.Cc1c2c(c(Nc3ccccc3)n1Cc1ccc(-n3cncn3)cc1)c(=O)n(C)c(=O)n2CC(C)C. The highest BCUT2D eigenvalue weighted by molar-refractivity contribution is 5.96. The van der Waals surface area contributed by atoms with Gasteiger partial charge in [0.05, 0.1) is 33.3 Å². The summed E-state index contributed by atoms with van der Waals surface area (Å²) in [5.41, 5.74) is 11.2. The predicted octanol–water partition coefficient (Wildman–Crippen LogP) is 17.8. The summed E-state index contributed by atoms with van der Waals surface area (Å²) >= 11 is 0. The van der Waals surface area contributed by atoms with Crippen LogP contribution in [0.5, 0.6) is 0 Å². The molecule has 0 aliphatic rings. The van der Waals surface area contributed by atoms with Gasteiger partial charge in [-0.25, -0.2) is 42.3 Å². The second-order valence-corrected chi connectivity index (χ2v) is 37.3. The number of hydrogen-bond donors (Lipinski definition) is 3. The van der Waals surface area contributed by atoms with Crippen LogP contribution in [0.2, 0.25) is 0 Å². The van der Waals surface area contributed by atoms with Crippen LogP contribution < -0.4 is 65.8 Å². The van der Waals surface area contributed by atoms with E-state index in [2.05, 4.69) is 111 Å². The minimum absolute atomic E-state index is 0.0591. The van der Waals surface area contributed by atoms with Crippen LogP contribution in [0.15, 0.2) is 331 Å². The fourth-order valence-electron chi connectivity index (χ4n) is 17.7. The second-order valence-electron chi connectivity index (χ2n) is 37.3. The van der Waals surface area contributed by atoms with E-state index in [0.29, 0.717) is 113 Å². The van der Waals surface area contributed by atoms with E-state index in [1.165, 1.54) is 39.2 Å². The molecule has 0 radical (unpaired) electrons. The average Bonchev–Trinajstić information content (AvgIpc) is 1.58. The van der Waals surface area contributed by atoms with Gasteiger partial charge in [0, 0.05) is 178 Å². The lowest BCUT2D eigenvalue weighted by molar-refractivity contribution is 0.0174. The maximum atomic E-state index is 13.6. The van der Waals surface area contributed by atoms with Crippen molar-refractivity contribution in [1.82, 2.24) is 83.9 Å². The Bertz CT molecular complexity index is 8160. The number of anilines is 8. The molecule has 0 aliphatic carbocycles. The Morgan fingerprint density at radius 3 is 1.25 bits per heavy atom. The van der Waals surface area contributed by atoms with E-state index < -0.39 is 5.92 Å². The molecule has 19 aromatic rings. The van der Waals surface area contributed by atoms with Gasteiger partial charge in [0.15, 0.2) is 0 Å². The van der Waals surface area contributed by atoms with Crippen LogP contribution in [0.4, 0.5) is 54.8 Å². The Kier molecular flexibility index (Phi) is 28.8. The number of alkyl halides is 2. The number of fused-ring (bicyclic) bond motifs is 4. The van der Waals surface area contributed by atoms with Crippen LogP contribution in [0.1, 0.15) is 95.8 Å². The predicted molar refractivity (Wildman–Crippen MR) is 557 cm³/mol. The molecule has 724 valence electrons. The summed E-state index contributed by atoms with van der Waals surface area (Å²) in [4.78, 5) is 112. The maximum absolute atomic E-state index is 13.6. The maximum Gasteiger partial charge on any atom is 0.331 e. The molecule has 0 aliphatic heterocycles. The van der Waals surface area contributed by atoms with Crippen molar-refractivity contribution in [3.8, 4) is 17.1 Å². The zero-order valence-corrected chi connectivity index (χ0v) is 81.7. The van der Waals surface area contributed by atoms with Gasteiger partial charge in [0.2, 0.25) is 0 Å². The first-order chi connectivity index (χ1) is 67.7. The topological polar surface area (TPSA) is 289 Å². The number of benzene rings is 8. The first-order valence-corrected chi connectivity index (χ1v) is 47.0. The minimum Gasteiger partial charge on any atom is -0.341 e. The van der Waals surface area contributed by atoms with Gasteiger partial charge in [0.1, 0.15) is 57.6 Å². The van der Waals surface area contributed by atoms with Crippen molar-refractivity contribution in [3.63, 3.8) is 0 Å². The number of halogens is 2. The van der Waals surface area contributed by atoms with Crippen molar-refractivity contribution in [2.45, 2.75) is 128 Å². The molecule has 19 rings (SSSR count). The van der Waals surface area contributed by atoms with Crippen molar-refractivity contribution in [2.24, 2.45) is 51.9 Å². The second kappa shape index (κ2) is 41.7. The molecule has 11 heterocycles. The summed E-state index contributed by atoms with van der Waals surface area (Å²) in [6.45, 7) is 23.2. The molecule has 0 fully saturated rings. The zero-order chi connectivity index (χ0) is 99.9. The van der Waals surface area contributed by atoms with Crippen molar-refractivity contribution < 1.29 is 8.78 Å². The Morgan fingerprint density at radius 2 is 0.773 bits per heavy atom. The Morgan fingerprint density at radius 1 is 0.376 bits per heavy atom. The van der Waals surface area contributed by atoms with Crippen LogP contribution >= 0.6 is 0 Å². The molecule has 0 bridgehead atoms. The minimum atomic E-state index is -2.92. The van der Waals surface area contributed by atoms with Crippen molar-refractivity contribution in [3.05, 3.63) is 409 Å². The van der Waals surface area contributed by atoms with Crippen LogP contribution in [0, 0.1) is 30.6 Å². The molecule has 0 saturated carbocycles. The summed E-state index contributed by atoms with van der Waals surface area (Å²) in [7, 11) is 8.09. The monoisotopic (exact) mass is 1900 g/mol. The van der Waals surface area contributed by atoms with Crippen molar-refractivity contribution in [2.75, 3.05) is 27.9 Å². The molecule has 0 spiro atoms. The first kappa shape index (κ1) is 97.4. The quantitative estimate of drug-likeness (QED) is 0.0411. The van der Waals surface area contributed by atoms with Crippen molar-refractivity contribution >= 4 is 89.6 Å². The largest absolute Gasteiger partial charge is 0.341 e. The van der Waals surface area contributed by atoms with E-state index in [9.17, 15) is 47.1 Å². The molecule has 11 aromatic heterocycles. The van der Waals surface area contributed by atoms with Gasteiger partial charge in [-0.15, -0.1) is 0 Å². The summed E-state index contributed by atoms with van der Waals surface area (Å²) in [6, 6.07) is 75.5. The van der Waals surface area contributed by atoms with E-state index in [-0.39, 0.29) is 74.2 Å². The van der Waals surface area contributed by atoms with Gasteiger partial charge in [-0.3, -0.25) is 55.7 Å². The highest BCUT2D eigenvalue weighted by Crippen LogP contribution is 2.37. The highest BCUT2D eigenvalue weighted by atomic mass is 19.3. The Labute approximate surface area is 811 Å². The fourth-order valence-corrected chi connectivity index (χ4v) is 17.7. The number of aromatic nitrogens is 18. The van der Waals surface area contributed by atoms with Gasteiger partial charge in [-0.1, -0.05) is 189 Å². The lowest BCUT2D eigenvalue weighted by Crippen LogP contribution is -2.38. The summed E-state index contributed by atoms with van der Waals surface area (Å²) < 4.78 is 52.5. The number of hydrogen-bond acceptors (Lipinski definition) is 15. The van der Waals surface area contributed by atoms with Gasteiger partial charge in [-0.05, 0) is 156 Å². The number of para-hydroxylation sites is 4. The van der Waals surface area contributed by atoms with Gasteiger partial charge in [-0.2, -0.15) is 10.2 Å². The third-order valence-electron chi connectivity index (χ3n) is 24.7. The molecular formula is C109H116F2N22O8. The molecule has 0 amide bonds. The van der Waals surface area contributed by atoms with E-state index >= 15 is 0 Å². The molecule has 0 atom stereocenters. The molecule has 0 saturated heterocycles. The van der Waals surface area contributed by atoms with Gasteiger partial charge >= 0.3 is 22.8 Å².